The zero-order valence-electron chi connectivity index (χ0n) is 24.2. The largest absolute Gasteiger partial charge is 1.00 e. The standard InChI is InChI=1S/C21H45O6P.C6H16N.ClH/c1-2-3-4-5-6-7-8-9-10-11-12-13-14-15-16-17-18-21(20(23)19-22)27-28(24,25)26;1-5-6-7(2,3)4;/h20-23H,2-19H2,1H3,(H2,24,25,26);5-6H2,1-4H3;1H/q;+1;/p-1. The molecule has 0 amide bonds. The first-order valence-electron chi connectivity index (χ1n) is 14.3. The molecule has 0 aliphatic rings. The van der Waals surface area contributed by atoms with E-state index in [1.54, 1.807) is 0 Å². The molecule has 9 heteroatoms. The topological polar surface area (TPSA) is 107 Å². The van der Waals surface area contributed by atoms with Crippen molar-refractivity contribution in [2.45, 2.75) is 142 Å². The Balaban J connectivity index is -0.00000118. The SMILES string of the molecule is CCCCCCCCCCCCCCCCCCC(OP(=O)(O)O)C(O)CO.CCC[N+](C)(C)C.[Cl-]. The Morgan fingerprint density at radius 2 is 1.06 bits per heavy atom. The van der Waals surface area contributed by atoms with Crippen LogP contribution in [0.3, 0.4) is 0 Å². The number of aliphatic hydroxyl groups is 2. The first kappa shape index (κ1) is 40.8. The lowest BCUT2D eigenvalue weighted by Crippen LogP contribution is -3.00. The Morgan fingerprint density at radius 1 is 0.694 bits per heavy atom. The van der Waals surface area contributed by atoms with Crippen molar-refractivity contribution >= 4 is 7.82 Å². The molecule has 2 atom stereocenters. The van der Waals surface area contributed by atoms with E-state index in [4.69, 9.17) is 14.9 Å². The molecule has 0 rings (SSSR count). The molecule has 0 aromatic carbocycles. The van der Waals surface area contributed by atoms with Crippen molar-refractivity contribution in [2.24, 2.45) is 0 Å². The van der Waals surface area contributed by atoms with Crippen LogP contribution in [0.2, 0.25) is 0 Å². The van der Waals surface area contributed by atoms with Gasteiger partial charge in [0, 0.05) is 0 Å². The molecule has 0 aromatic heterocycles. The van der Waals surface area contributed by atoms with Crippen molar-refractivity contribution in [2.75, 3.05) is 34.3 Å². The quantitative estimate of drug-likeness (QED) is 0.0863. The normalized spacial score (nSPS) is 13.5. The molecule has 0 saturated heterocycles. The van der Waals surface area contributed by atoms with Crippen molar-refractivity contribution in [3.05, 3.63) is 0 Å². The second-order valence-corrected chi connectivity index (χ2v) is 12.2. The van der Waals surface area contributed by atoms with Crippen molar-refractivity contribution < 1.29 is 46.0 Å². The summed E-state index contributed by atoms with van der Waals surface area (Å²) in [5, 5.41) is 18.5. The predicted octanol–water partition coefficient (Wildman–Crippen LogP) is 3.58. The molecule has 222 valence electrons. The van der Waals surface area contributed by atoms with Gasteiger partial charge < -0.3 is 36.9 Å². The van der Waals surface area contributed by atoms with Gasteiger partial charge in [-0.25, -0.2) is 4.57 Å². The molecule has 0 radical (unpaired) electrons. The third-order valence-electron chi connectivity index (χ3n) is 6.13. The monoisotopic (exact) mass is 561 g/mol. The minimum absolute atomic E-state index is 0. The molecule has 0 aliphatic heterocycles. The second-order valence-electron chi connectivity index (χ2n) is 11.0. The van der Waals surface area contributed by atoms with Gasteiger partial charge in [0.25, 0.3) is 0 Å². The molecule has 2 unspecified atom stereocenters. The number of phosphoric acid groups is 1. The van der Waals surface area contributed by atoms with E-state index in [1.165, 1.54) is 96.4 Å². The summed E-state index contributed by atoms with van der Waals surface area (Å²) in [6.07, 6.45) is 19.5. The van der Waals surface area contributed by atoms with E-state index in [0.717, 1.165) is 23.7 Å². The summed E-state index contributed by atoms with van der Waals surface area (Å²) in [4.78, 5) is 17.7. The maximum Gasteiger partial charge on any atom is 0.469 e. The van der Waals surface area contributed by atoms with Gasteiger partial charge in [-0.2, -0.15) is 0 Å². The van der Waals surface area contributed by atoms with Crippen LogP contribution in [0.5, 0.6) is 0 Å². The third-order valence-corrected chi connectivity index (χ3v) is 6.67. The number of quaternary nitrogens is 1. The van der Waals surface area contributed by atoms with E-state index in [0.29, 0.717) is 6.42 Å². The zero-order valence-corrected chi connectivity index (χ0v) is 25.8. The number of phosphoric ester groups is 1. The van der Waals surface area contributed by atoms with Gasteiger partial charge in [-0.3, -0.25) is 4.52 Å². The lowest BCUT2D eigenvalue weighted by molar-refractivity contribution is -0.870. The van der Waals surface area contributed by atoms with Crippen LogP contribution in [-0.2, 0) is 9.09 Å². The van der Waals surface area contributed by atoms with Gasteiger partial charge in [0.15, 0.2) is 0 Å². The highest BCUT2D eigenvalue weighted by Gasteiger charge is 2.27. The Hall–Kier alpha value is 0.280. The molecule has 0 saturated carbocycles. The highest BCUT2D eigenvalue weighted by atomic mass is 35.5. The van der Waals surface area contributed by atoms with Crippen LogP contribution in [0.25, 0.3) is 0 Å². The summed E-state index contributed by atoms with van der Waals surface area (Å²) in [6.45, 7) is 5.18. The lowest BCUT2D eigenvalue weighted by Gasteiger charge is -2.22. The summed E-state index contributed by atoms with van der Waals surface area (Å²) in [6, 6.07) is 0. The van der Waals surface area contributed by atoms with Crippen molar-refractivity contribution in [1.82, 2.24) is 0 Å². The molecule has 0 aliphatic carbocycles. The number of hydrogen-bond donors (Lipinski definition) is 4. The van der Waals surface area contributed by atoms with Crippen molar-refractivity contribution in [3.8, 4) is 0 Å². The number of unbranched alkanes of at least 4 members (excludes halogenated alkanes) is 15. The fraction of sp³-hybridized carbons (Fsp3) is 1.00. The number of rotatable bonds is 23. The van der Waals surface area contributed by atoms with Crippen molar-refractivity contribution in [1.29, 1.82) is 0 Å². The number of aliphatic hydroxyl groups excluding tert-OH is 2. The van der Waals surface area contributed by atoms with Crippen LogP contribution in [0.15, 0.2) is 0 Å². The van der Waals surface area contributed by atoms with Gasteiger partial charge >= 0.3 is 7.82 Å². The summed E-state index contributed by atoms with van der Waals surface area (Å²) in [5.74, 6) is 0. The van der Waals surface area contributed by atoms with E-state index in [1.807, 2.05) is 0 Å². The predicted molar refractivity (Wildman–Crippen MR) is 147 cm³/mol. The molecular weight excluding hydrogens is 501 g/mol. The van der Waals surface area contributed by atoms with Crippen LogP contribution in [0.1, 0.15) is 129 Å². The zero-order chi connectivity index (χ0) is 27.0. The summed E-state index contributed by atoms with van der Waals surface area (Å²) >= 11 is 0. The maximum atomic E-state index is 10.9. The van der Waals surface area contributed by atoms with Gasteiger partial charge in [0.2, 0.25) is 0 Å². The lowest BCUT2D eigenvalue weighted by atomic mass is 10.0. The van der Waals surface area contributed by atoms with Gasteiger partial charge in [-0.1, -0.05) is 117 Å². The molecule has 0 heterocycles. The summed E-state index contributed by atoms with van der Waals surface area (Å²) in [7, 11) is 1.98. The minimum atomic E-state index is -4.65. The van der Waals surface area contributed by atoms with Crippen LogP contribution in [0, 0.1) is 0 Å². The fourth-order valence-corrected chi connectivity index (χ4v) is 4.77. The van der Waals surface area contributed by atoms with E-state index in [9.17, 15) is 9.67 Å². The molecular formula is C27H61ClNO6P. The third kappa shape index (κ3) is 34.3. The average Bonchev–Trinajstić information content (AvgIpc) is 2.76. The Morgan fingerprint density at radius 3 is 1.31 bits per heavy atom. The van der Waals surface area contributed by atoms with Crippen LogP contribution in [-0.4, -0.2) is 71.0 Å². The van der Waals surface area contributed by atoms with E-state index < -0.39 is 26.6 Å². The Labute approximate surface area is 229 Å². The van der Waals surface area contributed by atoms with Gasteiger partial charge in [0.1, 0.15) is 6.10 Å². The van der Waals surface area contributed by atoms with E-state index in [2.05, 4.69) is 39.5 Å². The van der Waals surface area contributed by atoms with E-state index in [-0.39, 0.29) is 12.4 Å². The van der Waals surface area contributed by atoms with Crippen molar-refractivity contribution in [3.63, 3.8) is 0 Å². The molecule has 36 heavy (non-hydrogen) atoms. The smallest absolute Gasteiger partial charge is 0.469 e. The van der Waals surface area contributed by atoms with Crippen LogP contribution >= 0.6 is 7.82 Å². The molecule has 0 aromatic rings. The summed E-state index contributed by atoms with van der Waals surface area (Å²) < 4.78 is 16.6. The second kappa shape index (κ2) is 26.9. The first-order valence-corrected chi connectivity index (χ1v) is 15.8. The number of halogens is 1. The van der Waals surface area contributed by atoms with Gasteiger partial charge in [-0.15, -0.1) is 0 Å². The highest BCUT2D eigenvalue weighted by molar-refractivity contribution is 7.46. The fourth-order valence-electron chi connectivity index (χ4n) is 4.17. The molecule has 7 nitrogen and oxygen atoms in total. The first-order chi connectivity index (χ1) is 16.5. The van der Waals surface area contributed by atoms with E-state index >= 15 is 0 Å². The molecule has 0 fully saturated rings. The average molecular weight is 562 g/mol. The minimum Gasteiger partial charge on any atom is -1.00 e. The molecule has 4 N–H and O–H groups in total. The Bertz CT molecular complexity index is 487. The number of nitrogens with zero attached hydrogens (tertiary/aromatic N) is 1. The number of hydrogen-bond acceptors (Lipinski definition) is 4. The maximum absolute atomic E-state index is 10.9. The van der Waals surface area contributed by atoms with Gasteiger partial charge in [-0.05, 0) is 12.8 Å². The molecule has 0 bridgehead atoms. The summed E-state index contributed by atoms with van der Waals surface area (Å²) in [5.41, 5.74) is 0. The Kier molecular flexibility index (Phi) is 30.4. The molecule has 0 spiro atoms. The van der Waals surface area contributed by atoms with Crippen LogP contribution < -0.4 is 12.4 Å². The van der Waals surface area contributed by atoms with Gasteiger partial charge in [0.05, 0.1) is 40.4 Å². The van der Waals surface area contributed by atoms with Crippen LogP contribution in [0.4, 0.5) is 0 Å². The highest BCUT2D eigenvalue weighted by Crippen LogP contribution is 2.39.